The summed E-state index contributed by atoms with van der Waals surface area (Å²) in [6.45, 7) is 0. The monoisotopic (exact) mass is 268 g/mol. The highest BCUT2D eigenvalue weighted by Gasteiger charge is 2.22. The van der Waals surface area contributed by atoms with Crippen LogP contribution in [-0.4, -0.2) is 18.0 Å². The maximum atomic E-state index is 13.1. The van der Waals surface area contributed by atoms with Gasteiger partial charge in [0, 0.05) is 23.7 Å². The zero-order chi connectivity index (χ0) is 13.8. The molecule has 0 bridgehead atoms. The molecule has 1 aliphatic carbocycles. The molecule has 0 spiro atoms. The fraction of sp³-hybridized carbons (Fsp3) is 0.500. The average Bonchev–Trinajstić information content (AvgIpc) is 2.54. The molecule has 104 valence electrons. The lowest BCUT2D eigenvalue weighted by Crippen LogP contribution is -2.47. The second-order valence-electron chi connectivity index (χ2n) is 5.04. The first kappa shape index (κ1) is 13.9. The Balaban J connectivity index is 2.07. The number of nitrogens with two attached hydrogens (primary N) is 1. The van der Waals surface area contributed by atoms with Crippen LogP contribution in [0.1, 0.15) is 42.5 Å². The van der Waals surface area contributed by atoms with E-state index in [2.05, 4.69) is 5.32 Å². The predicted molar refractivity (Wildman–Crippen MR) is 68.7 cm³/mol. The van der Waals surface area contributed by atoms with E-state index in [1.807, 2.05) is 0 Å². The van der Waals surface area contributed by atoms with Gasteiger partial charge >= 0.3 is 0 Å². The van der Waals surface area contributed by atoms with E-state index in [1.165, 1.54) is 0 Å². The molecule has 1 aromatic rings. The molecule has 1 saturated carbocycles. The maximum absolute atomic E-state index is 13.1. The number of amides is 1. The number of carbonyl (C=O) groups excluding carboxylic acids is 1. The third kappa shape index (κ3) is 3.73. The van der Waals surface area contributed by atoms with E-state index in [0.717, 1.165) is 50.3 Å². The van der Waals surface area contributed by atoms with Crippen molar-refractivity contribution < 1.29 is 13.6 Å². The van der Waals surface area contributed by atoms with Gasteiger partial charge in [-0.25, -0.2) is 8.78 Å². The molecule has 1 aliphatic rings. The summed E-state index contributed by atoms with van der Waals surface area (Å²) in [5.41, 5.74) is 6.00. The van der Waals surface area contributed by atoms with E-state index >= 15 is 0 Å². The fourth-order valence-corrected chi connectivity index (χ4v) is 2.45. The van der Waals surface area contributed by atoms with Gasteiger partial charge in [0.05, 0.1) is 0 Å². The number of nitrogens with one attached hydrogen (secondary N) is 1. The van der Waals surface area contributed by atoms with E-state index in [0.29, 0.717) is 0 Å². The Bertz CT molecular complexity index is 445. The molecule has 0 saturated heterocycles. The number of carbonyl (C=O) groups is 1. The Kier molecular flexibility index (Phi) is 4.47. The Morgan fingerprint density at radius 3 is 2.42 bits per heavy atom. The summed E-state index contributed by atoms with van der Waals surface area (Å²) in [7, 11) is 0. The molecule has 2 rings (SSSR count). The number of hydrogen-bond acceptors (Lipinski definition) is 2. The molecule has 2 atom stereocenters. The quantitative estimate of drug-likeness (QED) is 0.809. The van der Waals surface area contributed by atoms with Crippen molar-refractivity contribution in [2.45, 2.75) is 44.2 Å². The Morgan fingerprint density at radius 1 is 1.11 bits per heavy atom. The summed E-state index contributed by atoms with van der Waals surface area (Å²) in [6.07, 6.45) is 4.85. The molecule has 3 N–H and O–H groups in total. The maximum Gasteiger partial charge on any atom is 0.251 e. The highest BCUT2D eigenvalue weighted by atomic mass is 19.1. The number of halogens is 2. The highest BCUT2D eigenvalue weighted by Crippen LogP contribution is 2.17. The number of rotatable bonds is 2. The van der Waals surface area contributed by atoms with Crippen molar-refractivity contribution in [3.05, 3.63) is 35.4 Å². The van der Waals surface area contributed by atoms with Gasteiger partial charge in [0.1, 0.15) is 11.6 Å². The zero-order valence-electron chi connectivity index (χ0n) is 10.7. The van der Waals surface area contributed by atoms with Crippen LogP contribution in [0.3, 0.4) is 0 Å². The summed E-state index contributed by atoms with van der Waals surface area (Å²) in [5.74, 6) is -1.98. The molecule has 5 heteroatoms. The Hall–Kier alpha value is -1.49. The first-order chi connectivity index (χ1) is 9.06. The lowest BCUT2D eigenvalue weighted by Gasteiger charge is -2.22. The summed E-state index contributed by atoms with van der Waals surface area (Å²) in [4.78, 5) is 12.0. The van der Waals surface area contributed by atoms with E-state index in [9.17, 15) is 13.6 Å². The summed E-state index contributed by atoms with van der Waals surface area (Å²) < 4.78 is 26.1. The van der Waals surface area contributed by atoms with Gasteiger partial charge in [-0.15, -0.1) is 0 Å². The van der Waals surface area contributed by atoms with Crippen molar-refractivity contribution in [1.82, 2.24) is 5.32 Å². The lowest BCUT2D eigenvalue weighted by molar-refractivity contribution is 0.0928. The third-order valence-corrected chi connectivity index (χ3v) is 3.51. The standard InChI is InChI=1S/C14H18F2N2O/c15-10-6-9(7-11(16)8-10)14(19)18-13-5-3-1-2-4-12(13)17/h6-8,12-13H,1-5,17H2,(H,18,19). The first-order valence-electron chi connectivity index (χ1n) is 6.59. The molecular formula is C14H18F2N2O. The average molecular weight is 268 g/mol. The minimum absolute atomic E-state index is 0.00560. The van der Waals surface area contributed by atoms with Crippen LogP contribution < -0.4 is 11.1 Å². The lowest BCUT2D eigenvalue weighted by atomic mass is 10.0. The molecule has 1 aromatic carbocycles. The number of benzene rings is 1. The van der Waals surface area contributed by atoms with Crippen LogP contribution in [0.4, 0.5) is 8.78 Å². The van der Waals surface area contributed by atoms with Crippen LogP contribution >= 0.6 is 0 Å². The van der Waals surface area contributed by atoms with Crippen LogP contribution in [0.15, 0.2) is 18.2 Å². The first-order valence-corrected chi connectivity index (χ1v) is 6.59. The molecule has 3 nitrogen and oxygen atoms in total. The SMILES string of the molecule is NC1CCCCCC1NC(=O)c1cc(F)cc(F)c1. The van der Waals surface area contributed by atoms with Crippen LogP contribution in [0, 0.1) is 11.6 Å². The smallest absolute Gasteiger partial charge is 0.251 e. The van der Waals surface area contributed by atoms with E-state index in [1.54, 1.807) is 0 Å². The molecule has 2 unspecified atom stereocenters. The van der Waals surface area contributed by atoms with Gasteiger partial charge in [-0.05, 0) is 25.0 Å². The molecule has 19 heavy (non-hydrogen) atoms. The van der Waals surface area contributed by atoms with Gasteiger partial charge in [0.2, 0.25) is 0 Å². The molecule has 1 amide bonds. The minimum atomic E-state index is -0.754. The van der Waals surface area contributed by atoms with Gasteiger partial charge in [0.25, 0.3) is 5.91 Å². The van der Waals surface area contributed by atoms with Gasteiger partial charge in [-0.2, -0.15) is 0 Å². The topological polar surface area (TPSA) is 55.1 Å². The van der Waals surface area contributed by atoms with Crippen molar-refractivity contribution in [1.29, 1.82) is 0 Å². The zero-order valence-corrected chi connectivity index (χ0v) is 10.7. The van der Waals surface area contributed by atoms with Gasteiger partial charge in [-0.3, -0.25) is 4.79 Å². The predicted octanol–water partition coefficient (Wildman–Crippen LogP) is 2.35. The highest BCUT2D eigenvalue weighted by molar-refractivity contribution is 5.94. The molecule has 0 radical (unpaired) electrons. The van der Waals surface area contributed by atoms with Crippen molar-refractivity contribution in [2.75, 3.05) is 0 Å². The number of hydrogen-bond donors (Lipinski definition) is 2. The molecular weight excluding hydrogens is 250 g/mol. The summed E-state index contributed by atoms with van der Waals surface area (Å²) in [5, 5.41) is 2.78. The van der Waals surface area contributed by atoms with E-state index in [-0.39, 0.29) is 17.6 Å². The minimum Gasteiger partial charge on any atom is -0.348 e. The molecule has 0 aliphatic heterocycles. The largest absolute Gasteiger partial charge is 0.348 e. The van der Waals surface area contributed by atoms with Gasteiger partial charge in [0.15, 0.2) is 0 Å². The normalized spacial score (nSPS) is 23.7. The van der Waals surface area contributed by atoms with E-state index < -0.39 is 17.5 Å². The second kappa shape index (κ2) is 6.10. The summed E-state index contributed by atoms with van der Waals surface area (Å²) >= 11 is 0. The van der Waals surface area contributed by atoms with Gasteiger partial charge in [-0.1, -0.05) is 19.3 Å². The Labute approximate surface area is 111 Å². The molecule has 0 heterocycles. The summed E-state index contributed by atoms with van der Waals surface area (Å²) in [6, 6.07) is 2.58. The third-order valence-electron chi connectivity index (χ3n) is 3.51. The van der Waals surface area contributed by atoms with Crippen molar-refractivity contribution in [3.63, 3.8) is 0 Å². The van der Waals surface area contributed by atoms with E-state index in [4.69, 9.17) is 5.73 Å². The van der Waals surface area contributed by atoms with Crippen LogP contribution in [-0.2, 0) is 0 Å². The second-order valence-corrected chi connectivity index (χ2v) is 5.04. The molecule has 1 fully saturated rings. The van der Waals surface area contributed by atoms with Crippen molar-refractivity contribution in [3.8, 4) is 0 Å². The molecule has 0 aromatic heterocycles. The Morgan fingerprint density at radius 2 is 1.74 bits per heavy atom. The van der Waals surface area contributed by atoms with Crippen molar-refractivity contribution in [2.24, 2.45) is 5.73 Å². The van der Waals surface area contributed by atoms with Crippen LogP contribution in [0.5, 0.6) is 0 Å². The van der Waals surface area contributed by atoms with Crippen molar-refractivity contribution >= 4 is 5.91 Å². The van der Waals surface area contributed by atoms with Crippen LogP contribution in [0.2, 0.25) is 0 Å². The fourth-order valence-electron chi connectivity index (χ4n) is 2.45. The van der Waals surface area contributed by atoms with Gasteiger partial charge < -0.3 is 11.1 Å². The van der Waals surface area contributed by atoms with Crippen LogP contribution in [0.25, 0.3) is 0 Å².